The highest BCUT2D eigenvalue weighted by molar-refractivity contribution is 7.23. The van der Waals surface area contributed by atoms with Gasteiger partial charge >= 0.3 is 0 Å². The van der Waals surface area contributed by atoms with Crippen LogP contribution < -0.4 is 31.1 Å². The monoisotopic (exact) mass is 1200 g/mol. The van der Waals surface area contributed by atoms with Gasteiger partial charge in [0, 0.05) is 82.5 Å². The van der Waals surface area contributed by atoms with Crippen molar-refractivity contribution in [1.82, 2.24) is 4.57 Å². The number of hydrogen-bond acceptors (Lipinski definition) is 4. The number of fused-ring (bicyclic) bond motifs is 8. The lowest BCUT2D eigenvalue weighted by atomic mass is 9.33. The zero-order valence-corrected chi connectivity index (χ0v) is 56.0. The van der Waals surface area contributed by atoms with E-state index < -0.39 is 0 Å². The van der Waals surface area contributed by atoms with Crippen molar-refractivity contribution >= 4 is 118 Å². The summed E-state index contributed by atoms with van der Waals surface area (Å²) in [4.78, 5) is 9.09. The maximum atomic E-state index is 2.64. The van der Waals surface area contributed by atoms with Crippen LogP contribution in [0.15, 0.2) is 224 Å². The number of benzene rings is 11. The number of thiophene rings is 1. The molecule has 0 spiro atoms. The second-order valence-corrected chi connectivity index (χ2v) is 30.0. The summed E-state index contributed by atoms with van der Waals surface area (Å²) in [6, 6.07) is 85.8. The largest absolute Gasteiger partial charge is 0.311 e. The van der Waals surface area contributed by atoms with Gasteiger partial charge < -0.3 is 19.3 Å². The standard InChI is InChI=1S/C85H79BN4S/c1-52-43-75-80-76(44-52)90(65-47-53(2)78(54(3)48-65)82-79(57-25-17-15-18-26-57)68-30-22-24-32-77(68)91-82)74-51-64(39-41-69(74)86(80)70-49-59(84(9,10)11)35-42-72(70)89(75)62-36-33-58(34-37-62)83(6,7)8)87(81-55(4)45-60(46-56(81)5)85(12,13)14)63-38-40-67-66-29-21-23-31-71(66)88(73(67)50-63)61-27-19-16-20-28-61/h15-51H,1-14H3. The molecule has 91 heavy (non-hydrogen) atoms. The van der Waals surface area contributed by atoms with Gasteiger partial charge in [-0.15, -0.1) is 11.3 Å². The number of hydrogen-bond donors (Lipinski definition) is 0. The van der Waals surface area contributed by atoms with Crippen LogP contribution in [-0.4, -0.2) is 11.3 Å². The molecule has 6 heteroatoms. The molecule has 4 heterocycles. The minimum Gasteiger partial charge on any atom is -0.311 e. The highest BCUT2D eigenvalue weighted by Crippen LogP contribution is 2.52. The molecule has 2 aliphatic rings. The van der Waals surface area contributed by atoms with E-state index in [0.29, 0.717) is 0 Å². The molecule has 13 aromatic rings. The molecule has 15 rings (SSSR count). The Morgan fingerprint density at radius 3 is 1.59 bits per heavy atom. The Morgan fingerprint density at radius 2 is 0.934 bits per heavy atom. The zero-order valence-electron chi connectivity index (χ0n) is 55.1. The van der Waals surface area contributed by atoms with Gasteiger partial charge in [0.1, 0.15) is 0 Å². The Hall–Kier alpha value is -9.36. The quantitative estimate of drug-likeness (QED) is 0.141. The molecule has 11 aromatic carbocycles. The number of nitrogens with zero attached hydrogens (tertiary/aromatic N) is 4. The van der Waals surface area contributed by atoms with Crippen molar-refractivity contribution in [3.05, 3.63) is 269 Å². The fraction of sp³-hybridized carbons (Fsp3) is 0.200. The molecular weight excluding hydrogens is 1120 g/mol. The van der Waals surface area contributed by atoms with Gasteiger partial charge in [-0.05, 0) is 214 Å². The lowest BCUT2D eigenvalue weighted by molar-refractivity contribution is 0.589. The van der Waals surface area contributed by atoms with Crippen LogP contribution in [0.4, 0.5) is 51.2 Å². The second kappa shape index (κ2) is 21.4. The highest BCUT2D eigenvalue weighted by Gasteiger charge is 2.45. The number of anilines is 9. The van der Waals surface area contributed by atoms with Gasteiger partial charge in [-0.25, -0.2) is 0 Å². The van der Waals surface area contributed by atoms with Crippen LogP contribution in [-0.2, 0) is 16.2 Å². The first kappa shape index (κ1) is 58.0. The fourth-order valence-electron chi connectivity index (χ4n) is 15.0. The molecule has 0 unspecified atom stereocenters. The molecule has 4 nitrogen and oxygen atoms in total. The van der Waals surface area contributed by atoms with Gasteiger partial charge in [0.2, 0.25) is 0 Å². The van der Waals surface area contributed by atoms with Gasteiger partial charge in [-0.2, -0.15) is 0 Å². The van der Waals surface area contributed by atoms with Gasteiger partial charge in [-0.3, -0.25) is 0 Å². The van der Waals surface area contributed by atoms with E-state index in [4.69, 9.17) is 0 Å². The average Bonchev–Trinajstić information content (AvgIpc) is 1.38. The molecular formula is C85H79BN4S. The van der Waals surface area contributed by atoms with Gasteiger partial charge in [0.15, 0.2) is 0 Å². The normalized spacial score (nSPS) is 13.1. The number of aryl methyl sites for hydroxylation is 5. The second-order valence-electron chi connectivity index (χ2n) is 28.9. The SMILES string of the molecule is Cc1cc2c3c(c1)N(c1cc(C)c(-c4sc5ccccc5c4-c4ccccc4)c(C)c1)c1cc(N(c4ccc5c6ccccc6n(-c6ccccc6)c5c4)c4c(C)cc(C(C)(C)C)cc4C)ccc1B3c1cc(C(C)(C)C)ccc1N2c1ccc(C(C)(C)C)cc1. The predicted octanol–water partition coefficient (Wildman–Crippen LogP) is 22.3. The van der Waals surface area contributed by atoms with Crippen molar-refractivity contribution in [3.8, 4) is 27.3 Å². The molecule has 0 radical (unpaired) electrons. The highest BCUT2D eigenvalue weighted by atomic mass is 32.1. The molecule has 0 aliphatic carbocycles. The number of aromatic nitrogens is 1. The summed E-state index contributed by atoms with van der Waals surface area (Å²) < 4.78 is 3.75. The van der Waals surface area contributed by atoms with E-state index in [1.807, 2.05) is 11.3 Å². The van der Waals surface area contributed by atoms with E-state index in [9.17, 15) is 0 Å². The molecule has 2 aliphatic heterocycles. The van der Waals surface area contributed by atoms with Gasteiger partial charge in [-0.1, -0.05) is 196 Å². The summed E-state index contributed by atoms with van der Waals surface area (Å²) in [5.74, 6) is 0. The molecule has 0 fully saturated rings. The molecule has 0 bridgehead atoms. The fourth-order valence-corrected chi connectivity index (χ4v) is 16.4. The Kier molecular flexibility index (Phi) is 13.6. The molecule has 2 aromatic heterocycles. The Balaban J connectivity index is 1.02. The Bertz CT molecular complexity index is 5020. The van der Waals surface area contributed by atoms with Crippen LogP contribution in [0, 0.1) is 34.6 Å². The van der Waals surface area contributed by atoms with Crippen molar-refractivity contribution in [2.75, 3.05) is 14.7 Å². The Morgan fingerprint density at radius 1 is 0.374 bits per heavy atom. The van der Waals surface area contributed by atoms with Crippen LogP contribution in [0.5, 0.6) is 0 Å². The predicted molar refractivity (Wildman–Crippen MR) is 396 cm³/mol. The maximum Gasteiger partial charge on any atom is 0.252 e. The summed E-state index contributed by atoms with van der Waals surface area (Å²) >= 11 is 1.91. The van der Waals surface area contributed by atoms with Crippen molar-refractivity contribution in [2.24, 2.45) is 0 Å². The van der Waals surface area contributed by atoms with E-state index in [1.54, 1.807) is 0 Å². The average molecular weight is 1200 g/mol. The summed E-state index contributed by atoms with van der Waals surface area (Å²) in [6.07, 6.45) is 0. The van der Waals surface area contributed by atoms with Crippen LogP contribution in [0.3, 0.4) is 0 Å². The van der Waals surface area contributed by atoms with Crippen LogP contribution in [0.25, 0.3) is 59.1 Å². The third-order valence-corrected chi connectivity index (χ3v) is 20.7. The molecule has 0 saturated heterocycles. The van der Waals surface area contributed by atoms with Crippen molar-refractivity contribution in [2.45, 2.75) is 113 Å². The van der Waals surface area contributed by atoms with E-state index in [-0.39, 0.29) is 23.0 Å². The third-order valence-electron chi connectivity index (χ3n) is 19.5. The minimum absolute atomic E-state index is 0.0141. The van der Waals surface area contributed by atoms with Crippen molar-refractivity contribution in [1.29, 1.82) is 0 Å². The number of para-hydroxylation sites is 2. The van der Waals surface area contributed by atoms with Crippen LogP contribution >= 0.6 is 11.3 Å². The maximum absolute atomic E-state index is 2.64. The zero-order chi connectivity index (χ0) is 63.2. The van der Waals surface area contributed by atoms with Crippen molar-refractivity contribution in [3.63, 3.8) is 0 Å². The van der Waals surface area contributed by atoms with Crippen LogP contribution in [0.1, 0.15) is 107 Å². The first-order valence-electron chi connectivity index (χ1n) is 32.4. The van der Waals surface area contributed by atoms with E-state index in [0.717, 1.165) is 28.4 Å². The first-order valence-corrected chi connectivity index (χ1v) is 33.2. The van der Waals surface area contributed by atoms with E-state index in [1.165, 1.54) is 143 Å². The smallest absolute Gasteiger partial charge is 0.252 e. The lowest BCUT2D eigenvalue weighted by Gasteiger charge is -2.45. The van der Waals surface area contributed by atoms with E-state index in [2.05, 4.69) is 341 Å². The molecule has 0 saturated carbocycles. The molecule has 0 atom stereocenters. The number of rotatable bonds is 8. The summed E-state index contributed by atoms with van der Waals surface area (Å²) in [5, 5.41) is 3.76. The van der Waals surface area contributed by atoms with Gasteiger partial charge in [0.05, 0.1) is 16.7 Å². The minimum atomic E-state index is -0.0876. The molecule has 0 N–H and O–H groups in total. The lowest BCUT2D eigenvalue weighted by Crippen LogP contribution is -2.61. The van der Waals surface area contributed by atoms with Crippen molar-refractivity contribution < 1.29 is 0 Å². The summed E-state index contributed by atoms with van der Waals surface area (Å²) in [7, 11) is 0. The molecule has 448 valence electrons. The van der Waals surface area contributed by atoms with Crippen LogP contribution in [0.2, 0.25) is 0 Å². The molecule has 0 amide bonds. The topological polar surface area (TPSA) is 14.7 Å². The van der Waals surface area contributed by atoms with Gasteiger partial charge in [0.25, 0.3) is 6.71 Å². The third kappa shape index (κ3) is 9.63. The summed E-state index contributed by atoms with van der Waals surface area (Å²) in [5.41, 5.74) is 31.8. The van der Waals surface area contributed by atoms with E-state index >= 15 is 0 Å². The Labute approximate surface area is 542 Å². The summed E-state index contributed by atoms with van der Waals surface area (Å²) in [6.45, 7) is 32.5. The first-order chi connectivity index (χ1) is 43.6.